The molecule has 0 amide bonds. The van der Waals surface area contributed by atoms with E-state index in [1.807, 2.05) is 12.1 Å². The summed E-state index contributed by atoms with van der Waals surface area (Å²) < 4.78 is 6.32. The van der Waals surface area contributed by atoms with Gasteiger partial charge in [0.2, 0.25) is 0 Å². The molecule has 0 atom stereocenters. The van der Waals surface area contributed by atoms with Gasteiger partial charge in [-0.25, -0.2) is 0 Å². The zero-order chi connectivity index (χ0) is 11.5. The molecule has 0 N–H and O–H groups in total. The Labute approximate surface area is 105 Å². The molecule has 1 nitrogen and oxygen atoms in total. The van der Waals surface area contributed by atoms with Crippen LogP contribution in [0.2, 0.25) is 0 Å². The molecule has 84 valence electrons. The van der Waals surface area contributed by atoms with Crippen LogP contribution in [0.25, 0.3) is 0 Å². The molecule has 1 rings (SSSR count). The van der Waals surface area contributed by atoms with Crippen LogP contribution in [-0.2, 0) is 6.42 Å². The first-order valence-corrected chi connectivity index (χ1v) is 6.19. The highest BCUT2D eigenvalue weighted by Crippen LogP contribution is 2.30. The van der Waals surface area contributed by atoms with Crippen molar-refractivity contribution in [1.82, 2.24) is 0 Å². The SMILES string of the molecule is COc1ccc(Br)c(CC(C)(C)CCl)c1. The lowest BCUT2D eigenvalue weighted by Crippen LogP contribution is -2.17. The number of methoxy groups -OCH3 is 1. The molecule has 15 heavy (non-hydrogen) atoms. The molecule has 0 spiro atoms. The molecule has 0 aliphatic rings. The predicted octanol–water partition coefficient (Wildman–Crippen LogP) is 4.27. The fourth-order valence-corrected chi connectivity index (χ4v) is 1.86. The first kappa shape index (κ1) is 12.9. The van der Waals surface area contributed by atoms with Gasteiger partial charge in [0, 0.05) is 10.4 Å². The lowest BCUT2D eigenvalue weighted by atomic mass is 9.88. The van der Waals surface area contributed by atoms with E-state index in [1.54, 1.807) is 7.11 Å². The van der Waals surface area contributed by atoms with Gasteiger partial charge in [0.15, 0.2) is 0 Å². The minimum absolute atomic E-state index is 0.108. The summed E-state index contributed by atoms with van der Waals surface area (Å²) in [6.07, 6.45) is 0.939. The Morgan fingerprint density at radius 3 is 2.60 bits per heavy atom. The number of benzene rings is 1. The summed E-state index contributed by atoms with van der Waals surface area (Å²) in [7, 11) is 1.68. The smallest absolute Gasteiger partial charge is 0.119 e. The van der Waals surface area contributed by atoms with Crippen molar-refractivity contribution in [2.45, 2.75) is 20.3 Å². The molecule has 0 aromatic heterocycles. The van der Waals surface area contributed by atoms with Crippen LogP contribution in [0.5, 0.6) is 5.75 Å². The number of hydrogen-bond acceptors (Lipinski definition) is 1. The number of rotatable bonds is 4. The maximum absolute atomic E-state index is 5.92. The summed E-state index contributed by atoms with van der Waals surface area (Å²) in [4.78, 5) is 0. The fraction of sp³-hybridized carbons (Fsp3) is 0.500. The van der Waals surface area contributed by atoms with Gasteiger partial charge < -0.3 is 4.74 Å². The van der Waals surface area contributed by atoms with Gasteiger partial charge in [-0.15, -0.1) is 11.6 Å². The molecule has 0 radical (unpaired) electrons. The Balaban J connectivity index is 2.93. The van der Waals surface area contributed by atoms with Gasteiger partial charge >= 0.3 is 0 Å². The normalized spacial score (nSPS) is 11.5. The molecule has 0 aliphatic carbocycles. The van der Waals surface area contributed by atoms with E-state index in [4.69, 9.17) is 16.3 Å². The fourth-order valence-electron chi connectivity index (χ4n) is 1.38. The Morgan fingerprint density at radius 2 is 2.07 bits per heavy atom. The number of ether oxygens (including phenoxy) is 1. The van der Waals surface area contributed by atoms with Crippen LogP contribution in [-0.4, -0.2) is 13.0 Å². The van der Waals surface area contributed by atoms with Crippen molar-refractivity contribution in [2.75, 3.05) is 13.0 Å². The molecular formula is C12H16BrClO. The van der Waals surface area contributed by atoms with Crippen molar-refractivity contribution in [2.24, 2.45) is 5.41 Å². The van der Waals surface area contributed by atoms with E-state index in [-0.39, 0.29) is 5.41 Å². The largest absolute Gasteiger partial charge is 0.497 e. The molecule has 0 saturated heterocycles. The van der Waals surface area contributed by atoms with E-state index in [9.17, 15) is 0 Å². The minimum atomic E-state index is 0.108. The third-order valence-corrected chi connectivity index (χ3v) is 3.78. The Morgan fingerprint density at radius 1 is 1.40 bits per heavy atom. The van der Waals surface area contributed by atoms with Crippen molar-refractivity contribution in [3.8, 4) is 5.75 Å². The van der Waals surface area contributed by atoms with E-state index in [0.29, 0.717) is 5.88 Å². The van der Waals surface area contributed by atoms with E-state index < -0.39 is 0 Å². The van der Waals surface area contributed by atoms with Gasteiger partial charge in [0.1, 0.15) is 5.75 Å². The van der Waals surface area contributed by atoms with E-state index >= 15 is 0 Å². The Hall–Kier alpha value is -0.210. The zero-order valence-electron chi connectivity index (χ0n) is 9.31. The molecule has 0 fully saturated rings. The third-order valence-electron chi connectivity index (χ3n) is 2.28. The summed E-state index contributed by atoms with van der Waals surface area (Å²) >= 11 is 9.47. The average Bonchev–Trinajstić information content (AvgIpc) is 2.21. The lowest BCUT2D eigenvalue weighted by molar-refractivity contribution is 0.404. The van der Waals surface area contributed by atoms with Gasteiger partial charge in [-0.2, -0.15) is 0 Å². The molecule has 1 aromatic carbocycles. The summed E-state index contributed by atoms with van der Waals surface area (Å²) in [5.74, 6) is 1.54. The quantitative estimate of drug-likeness (QED) is 0.753. The molecule has 1 aromatic rings. The molecule has 0 unspecified atom stereocenters. The first-order chi connectivity index (χ1) is 6.98. The van der Waals surface area contributed by atoms with Crippen LogP contribution in [0.1, 0.15) is 19.4 Å². The van der Waals surface area contributed by atoms with Crippen LogP contribution in [0, 0.1) is 5.41 Å². The van der Waals surface area contributed by atoms with Crippen LogP contribution in [0.3, 0.4) is 0 Å². The van der Waals surface area contributed by atoms with Crippen molar-refractivity contribution in [3.63, 3.8) is 0 Å². The highest BCUT2D eigenvalue weighted by molar-refractivity contribution is 9.10. The molecule has 0 aliphatic heterocycles. The standard InChI is InChI=1S/C12H16BrClO/c1-12(2,8-14)7-9-6-10(15-3)4-5-11(9)13/h4-6H,7-8H2,1-3H3. The topological polar surface area (TPSA) is 9.23 Å². The molecular weight excluding hydrogens is 275 g/mol. The van der Waals surface area contributed by atoms with Crippen molar-refractivity contribution in [1.29, 1.82) is 0 Å². The number of halogens is 2. The molecule has 0 saturated carbocycles. The summed E-state index contributed by atoms with van der Waals surface area (Å²) in [5.41, 5.74) is 1.34. The van der Waals surface area contributed by atoms with Crippen LogP contribution < -0.4 is 4.74 Å². The molecule has 0 bridgehead atoms. The second kappa shape index (κ2) is 5.22. The molecule has 0 heterocycles. The van der Waals surface area contributed by atoms with Crippen molar-refractivity contribution in [3.05, 3.63) is 28.2 Å². The molecule has 3 heteroatoms. The van der Waals surface area contributed by atoms with Crippen LogP contribution in [0.4, 0.5) is 0 Å². The van der Waals surface area contributed by atoms with Crippen molar-refractivity contribution < 1.29 is 4.74 Å². The van der Waals surface area contributed by atoms with E-state index in [0.717, 1.165) is 16.6 Å². The highest BCUT2D eigenvalue weighted by Gasteiger charge is 2.18. The van der Waals surface area contributed by atoms with E-state index in [1.165, 1.54) is 5.56 Å². The second-order valence-electron chi connectivity index (χ2n) is 4.43. The van der Waals surface area contributed by atoms with Gasteiger partial charge in [0.25, 0.3) is 0 Å². The van der Waals surface area contributed by atoms with Gasteiger partial charge in [0.05, 0.1) is 7.11 Å². The predicted molar refractivity (Wildman–Crippen MR) is 68.9 cm³/mol. The first-order valence-electron chi connectivity index (χ1n) is 4.87. The highest BCUT2D eigenvalue weighted by atomic mass is 79.9. The minimum Gasteiger partial charge on any atom is -0.497 e. The summed E-state index contributed by atoms with van der Waals surface area (Å²) in [5, 5.41) is 0. The lowest BCUT2D eigenvalue weighted by Gasteiger charge is -2.22. The van der Waals surface area contributed by atoms with Gasteiger partial charge in [-0.3, -0.25) is 0 Å². The van der Waals surface area contributed by atoms with Gasteiger partial charge in [-0.05, 0) is 35.6 Å². The number of hydrogen-bond donors (Lipinski definition) is 0. The maximum atomic E-state index is 5.92. The monoisotopic (exact) mass is 290 g/mol. The zero-order valence-corrected chi connectivity index (χ0v) is 11.7. The summed E-state index contributed by atoms with van der Waals surface area (Å²) in [6.45, 7) is 4.32. The van der Waals surface area contributed by atoms with Crippen molar-refractivity contribution >= 4 is 27.5 Å². The Bertz CT molecular complexity index is 336. The second-order valence-corrected chi connectivity index (χ2v) is 5.55. The van der Waals surface area contributed by atoms with Gasteiger partial charge in [-0.1, -0.05) is 29.8 Å². The van der Waals surface area contributed by atoms with Crippen LogP contribution >= 0.6 is 27.5 Å². The third kappa shape index (κ3) is 3.69. The number of alkyl halides is 1. The van der Waals surface area contributed by atoms with Crippen LogP contribution in [0.15, 0.2) is 22.7 Å². The summed E-state index contributed by atoms with van der Waals surface area (Å²) in [6, 6.07) is 6.01. The average molecular weight is 292 g/mol. The Kier molecular flexibility index (Phi) is 4.47. The maximum Gasteiger partial charge on any atom is 0.119 e. The van der Waals surface area contributed by atoms with E-state index in [2.05, 4.69) is 35.8 Å².